The summed E-state index contributed by atoms with van der Waals surface area (Å²) in [6.07, 6.45) is 9.41. The summed E-state index contributed by atoms with van der Waals surface area (Å²) in [6.45, 7) is 4.65. The second-order valence-corrected chi connectivity index (χ2v) is 8.53. The van der Waals surface area contributed by atoms with Crippen molar-refractivity contribution in [3.63, 3.8) is 0 Å². The number of benzene rings is 1. The third-order valence-corrected chi connectivity index (χ3v) is 7.76. The molecule has 1 aromatic rings. The third kappa shape index (κ3) is 2.17. The number of hydrogen-bond donors (Lipinski definition) is 0. The first-order chi connectivity index (χ1) is 11.6. The second kappa shape index (κ2) is 5.88. The molecule has 0 aromatic heterocycles. The Morgan fingerprint density at radius 2 is 2.04 bits per heavy atom. The quantitative estimate of drug-likeness (QED) is 0.718. The Bertz CT molecular complexity index is 688. The normalized spacial score (nSPS) is 37.8. The molecule has 0 saturated heterocycles. The fourth-order valence-corrected chi connectivity index (χ4v) is 6.50. The predicted molar refractivity (Wildman–Crippen MR) is 95.9 cm³/mol. The summed E-state index contributed by atoms with van der Waals surface area (Å²) >= 11 is 0. The van der Waals surface area contributed by atoms with Crippen LogP contribution in [-0.4, -0.2) is 13.2 Å². The molecule has 0 amide bonds. The molecule has 3 unspecified atom stereocenters. The lowest BCUT2D eigenvalue weighted by molar-refractivity contribution is -0.114. The summed E-state index contributed by atoms with van der Waals surface area (Å²) in [5.74, 6) is 2.31. The average Bonchev–Trinajstić information content (AvgIpc) is 2.60. The molecule has 0 bridgehead atoms. The number of fused-ring (bicyclic) bond motifs is 5. The lowest BCUT2D eigenvalue weighted by atomic mass is 9.50. The van der Waals surface area contributed by atoms with Crippen LogP contribution in [0.25, 0.3) is 0 Å². The maximum atomic E-state index is 9.33. The van der Waals surface area contributed by atoms with Crippen molar-refractivity contribution in [2.24, 2.45) is 17.3 Å². The van der Waals surface area contributed by atoms with Crippen LogP contribution in [0, 0.1) is 35.5 Å². The summed E-state index contributed by atoms with van der Waals surface area (Å²) in [4.78, 5) is 0. The predicted octanol–water partition coefficient (Wildman–Crippen LogP) is 5.13. The molecule has 2 fully saturated rings. The van der Waals surface area contributed by atoms with E-state index >= 15 is 0 Å². The monoisotopic (exact) mass is 323 g/mol. The van der Waals surface area contributed by atoms with Crippen molar-refractivity contribution in [1.82, 2.24) is 0 Å². The molecule has 0 radical (unpaired) electrons. The van der Waals surface area contributed by atoms with Gasteiger partial charge in [0.25, 0.3) is 0 Å². The highest BCUT2D eigenvalue weighted by Crippen LogP contribution is 2.60. The van der Waals surface area contributed by atoms with Crippen LogP contribution in [0.5, 0.6) is 0 Å². The van der Waals surface area contributed by atoms with Crippen LogP contribution in [0.2, 0.25) is 0 Å². The highest BCUT2D eigenvalue weighted by Gasteiger charge is 2.53. The fourth-order valence-electron chi connectivity index (χ4n) is 6.50. The number of methoxy groups -OCH3 is 1. The Morgan fingerprint density at radius 3 is 2.79 bits per heavy atom. The molecule has 3 aliphatic carbocycles. The zero-order valence-corrected chi connectivity index (χ0v) is 15.3. The average molecular weight is 323 g/mol. The molecule has 128 valence electrons. The van der Waals surface area contributed by atoms with E-state index in [1.165, 1.54) is 49.7 Å². The SMILES string of the molecule is CO[C@H]1CCCC2C3CCc4c(ccc(C#N)c4C)C3CC[C@@]21C. The fraction of sp³-hybridized carbons (Fsp3) is 0.682. The van der Waals surface area contributed by atoms with Gasteiger partial charge in [-0.15, -0.1) is 0 Å². The van der Waals surface area contributed by atoms with E-state index in [-0.39, 0.29) is 0 Å². The van der Waals surface area contributed by atoms with Gasteiger partial charge in [-0.2, -0.15) is 5.26 Å². The Hall–Kier alpha value is -1.33. The molecular formula is C22H29NO. The molecule has 0 aliphatic heterocycles. The number of ether oxygens (including phenoxy) is 1. The van der Waals surface area contributed by atoms with Crippen molar-refractivity contribution in [3.8, 4) is 6.07 Å². The maximum Gasteiger partial charge on any atom is 0.0994 e. The van der Waals surface area contributed by atoms with Crippen LogP contribution in [0.15, 0.2) is 12.1 Å². The van der Waals surface area contributed by atoms with E-state index < -0.39 is 0 Å². The topological polar surface area (TPSA) is 33.0 Å². The molecule has 5 atom stereocenters. The molecule has 0 spiro atoms. The summed E-state index contributed by atoms with van der Waals surface area (Å²) in [7, 11) is 1.91. The highest BCUT2D eigenvalue weighted by molar-refractivity contribution is 5.49. The van der Waals surface area contributed by atoms with Crippen LogP contribution >= 0.6 is 0 Å². The molecule has 1 aromatic carbocycles. The summed E-state index contributed by atoms with van der Waals surface area (Å²) in [5.41, 5.74) is 5.51. The van der Waals surface area contributed by atoms with Crippen molar-refractivity contribution in [1.29, 1.82) is 5.26 Å². The van der Waals surface area contributed by atoms with Gasteiger partial charge in [0.05, 0.1) is 17.7 Å². The maximum absolute atomic E-state index is 9.33. The summed E-state index contributed by atoms with van der Waals surface area (Å²) in [6, 6.07) is 6.70. The van der Waals surface area contributed by atoms with Gasteiger partial charge in [-0.25, -0.2) is 0 Å². The van der Waals surface area contributed by atoms with Gasteiger partial charge in [0, 0.05) is 7.11 Å². The second-order valence-electron chi connectivity index (χ2n) is 8.53. The number of hydrogen-bond acceptors (Lipinski definition) is 2. The van der Waals surface area contributed by atoms with E-state index in [1.54, 1.807) is 5.56 Å². The van der Waals surface area contributed by atoms with Crippen LogP contribution in [0.3, 0.4) is 0 Å². The smallest absolute Gasteiger partial charge is 0.0994 e. The molecular weight excluding hydrogens is 294 g/mol. The first-order valence-electron chi connectivity index (χ1n) is 9.65. The largest absolute Gasteiger partial charge is 0.381 e. The molecule has 2 saturated carbocycles. The summed E-state index contributed by atoms with van der Waals surface area (Å²) < 4.78 is 5.93. The van der Waals surface area contributed by atoms with Crippen LogP contribution in [0.1, 0.15) is 73.6 Å². The van der Waals surface area contributed by atoms with Gasteiger partial charge in [0.1, 0.15) is 0 Å². The van der Waals surface area contributed by atoms with Gasteiger partial charge < -0.3 is 4.74 Å². The van der Waals surface area contributed by atoms with Crippen LogP contribution in [-0.2, 0) is 11.2 Å². The molecule has 4 rings (SSSR count). The zero-order valence-electron chi connectivity index (χ0n) is 15.3. The third-order valence-electron chi connectivity index (χ3n) is 7.76. The Kier molecular flexibility index (Phi) is 3.96. The van der Waals surface area contributed by atoms with Crippen LogP contribution < -0.4 is 0 Å². The van der Waals surface area contributed by atoms with Crippen molar-refractivity contribution < 1.29 is 4.74 Å². The molecule has 2 nitrogen and oxygen atoms in total. The van der Waals surface area contributed by atoms with E-state index in [4.69, 9.17) is 4.74 Å². The molecule has 2 heteroatoms. The van der Waals surface area contributed by atoms with Gasteiger partial charge in [0.2, 0.25) is 0 Å². The summed E-state index contributed by atoms with van der Waals surface area (Å²) in [5, 5.41) is 9.33. The van der Waals surface area contributed by atoms with Crippen molar-refractivity contribution in [2.45, 2.75) is 70.8 Å². The number of rotatable bonds is 1. The van der Waals surface area contributed by atoms with Gasteiger partial charge in [-0.05, 0) is 91.4 Å². The van der Waals surface area contributed by atoms with E-state index in [2.05, 4.69) is 32.0 Å². The number of nitrogens with zero attached hydrogens (tertiary/aromatic N) is 1. The van der Waals surface area contributed by atoms with Crippen LogP contribution in [0.4, 0.5) is 0 Å². The van der Waals surface area contributed by atoms with E-state index in [0.29, 0.717) is 17.4 Å². The van der Waals surface area contributed by atoms with E-state index in [1.807, 2.05) is 7.11 Å². The molecule has 3 aliphatic rings. The van der Waals surface area contributed by atoms with Gasteiger partial charge in [-0.1, -0.05) is 19.4 Å². The van der Waals surface area contributed by atoms with E-state index in [0.717, 1.165) is 23.8 Å². The zero-order chi connectivity index (χ0) is 16.9. The Labute approximate surface area is 146 Å². The van der Waals surface area contributed by atoms with Crippen molar-refractivity contribution >= 4 is 0 Å². The molecule has 0 heterocycles. The molecule has 24 heavy (non-hydrogen) atoms. The van der Waals surface area contributed by atoms with Gasteiger partial charge in [0.15, 0.2) is 0 Å². The van der Waals surface area contributed by atoms with Crippen molar-refractivity contribution in [2.75, 3.05) is 7.11 Å². The minimum Gasteiger partial charge on any atom is -0.381 e. The van der Waals surface area contributed by atoms with Gasteiger partial charge in [-0.3, -0.25) is 0 Å². The van der Waals surface area contributed by atoms with E-state index in [9.17, 15) is 5.26 Å². The lowest BCUT2D eigenvalue weighted by Gasteiger charge is -2.57. The minimum absolute atomic E-state index is 0.368. The first-order valence-corrected chi connectivity index (χ1v) is 9.65. The molecule has 0 N–H and O–H groups in total. The van der Waals surface area contributed by atoms with Gasteiger partial charge >= 0.3 is 0 Å². The Balaban J connectivity index is 1.71. The lowest BCUT2D eigenvalue weighted by Crippen LogP contribution is -2.51. The Morgan fingerprint density at radius 1 is 1.21 bits per heavy atom. The number of nitriles is 1. The first kappa shape index (κ1) is 16.2. The minimum atomic E-state index is 0.368. The standard InChI is InChI=1S/C22H29NO/c1-14-15(13-23)7-8-17-16(14)9-10-19-18(17)11-12-22(2)20(19)5-4-6-21(22)24-3/h7-8,18-21H,4-6,9-12H2,1-3H3/t18?,19?,20?,21-,22-/m0/s1. The van der Waals surface area contributed by atoms with Crippen molar-refractivity contribution in [3.05, 3.63) is 34.4 Å². The highest BCUT2D eigenvalue weighted by atomic mass is 16.5.